The maximum Gasteiger partial charge on any atom is 0.408 e. The van der Waals surface area contributed by atoms with Gasteiger partial charge >= 0.3 is 6.18 Å². The average Bonchev–Trinajstić information content (AvgIpc) is 2.43. The lowest BCUT2D eigenvalue weighted by atomic mass is 10.0. The van der Waals surface area contributed by atoms with E-state index < -0.39 is 18.0 Å². The summed E-state index contributed by atoms with van der Waals surface area (Å²) in [6.45, 7) is 3.20. The highest BCUT2D eigenvalue weighted by molar-refractivity contribution is 6.32. The van der Waals surface area contributed by atoms with Crippen molar-refractivity contribution in [2.45, 2.75) is 19.1 Å². The molecule has 1 saturated heterocycles. The highest BCUT2D eigenvalue weighted by atomic mass is 35.5. The summed E-state index contributed by atoms with van der Waals surface area (Å²) in [4.78, 5) is 1.28. The third-order valence-electron chi connectivity index (χ3n) is 3.45. The summed E-state index contributed by atoms with van der Waals surface area (Å²) in [5, 5.41) is 2.84. The van der Waals surface area contributed by atoms with Gasteiger partial charge in [0.1, 0.15) is 6.04 Å². The van der Waals surface area contributed by atoms with Crippen LogP contribution in [0.2, 0.25) is 5.02 Å². The summed E-state index contributed by atoms with van der Waals surface area (Å²) in [7, 11) is 0. The van der Waals surface area contributed by atoms with E-state index in [0.717, 1.165) is 12.1 Å². The van der Waals surface area contributed by atoms with Gasteiger partial charge in [-0.05, 0) is 24.6 Å². The molecule has 1 aromatic carbocycles. The zero-order chi connectivity index (χ0) is 16.3. The van der Waals surface area contributed by atoms with Crippen LogP contribution >= 0.6 is 36.4 Å². The quantitative estimate of drug-likeness (QED) is 0.748. The van der Waals surface area contributed by atoms with Gasteiger partial charge in [-0.15, -0.1) is 24.8 Å². The van der Waals surface area contributed by atoms with E-state index in [0.29, 0.717) is 13.1 Å². The Balaban J connectivity index is 0.00000264. The van der Waals surface area contributed by atoms with E-state index in [1.165, 1.54) is 4.90 Å². The van der Waals surface area contributed by atoms with Gasteiger partial charge in [0, 0.05) is 26.2 Å². The van der Waals surface area contributed by atoms with Crippen LogP contribution in [0.1, 0.15) is 18.5 Å². The molecular weight excluding hydrogens is 395 g/mol. The molecule has 1 aliphatic heterocycles. The normalized spacial score (nSPS) is 16.8. The van der Waals surface area contributed by atoms with E-state index in [4.69, 9.17) is 16.3 Å². The molecule has 1 aromatic rings. The van der Waals surface area contributed by atoms with E-state index in [-0.39, 0.29) is 60.8 Å². The number of halogens is 7. The molecule has 0 spiro atoms. The van der Waals surface area contributed by atoms with Crippen LogP contribution in [0.15, 0.2) is 12.1 Å². The van der Waals surface area contributed by atoms with Crippen molar-refractivity contribution in [2.24, 2.45) is 0 Å². The van der Waals surface area contributed by atoms with Crippen molar-refractivity contribution < 1.29 is 22.3 Å². The fraction of sp³-hybridized carbons (Fsp3) is 0.571. The van der Waals surface area contributed by atoms with Crippen LogP contribution in [0.25, 0.3) is 0 Å². The molecule has 3 nitrogen and oxygen atoms in total. The third kappa shape index (κ3) is 5.52. The van der Waals surface area contributed by atoms with Crippen molar-refractivity contribution in [3.05, 3.63) is 28.5 Å². The molecule has 1 heterocycles. The number of benzene rings is 1. The number of alkyl halides is 3. The smallest absolute Gasteiger partial charge is 0.408 e. The van der Waals surface area contributed by atoms with Crippen molar-refractivity contribution in [3.8, 4) is 5.75 Å². The number of piperazine rings is 1. The fourth-order valence-electron chi connectivity index (χ4n) is 2.57. The summed E-state index contributed by atoms with van der Waals surface area (Å²) >= 11 is 5.88. The number of nitrogens with zero attached hydrogens (tertiary/aromatic N) is 1. The first-order chi connectivity index (χ1) is 10.3. The van der Waals surface area contributed by atoms with Crippen molar-refractivity contribution >= 4 is 36.4 Å². The van der Waals surface area contributed by atoms with Gasteiger partial charge < -0.3 is 10.1 Å². The van der Waals surface area contributed by atoms with E-state index in [1.807, 2.05) is 0 Å². The fourth-order valence-corrected chi connectivity index (χ4v) is 2.84. The molecule has 0 bridgehead atoms. The van der Waals surface area contributed by atoms with Crippen molar-refractivity contribution in [2.75, 3.05) is 32.8 Å². The first-order valence-corrected chi connectivity index (χ1v) is 7.35. The number of rotatable bonds is 4. The first kappa shape index (κ1) is 23.5. The van der Waals surface area contributed by atoms with Crippen molar-refractivity contribution in [1.29, 1.82) is 0 Å². The number of ether oxygens (including phenoxy) is 1. The highest BCUT2D eigenvalue weighted by Crippen LogP contribution is 2.41. The van der Waals surface area contributed by atoms with E-state index in [1.54, 1.807) is 6.92 Å². The van der Waals surface area contributed by atoms with Crippen LogP contribution in [0.4, 0.5) is 17.6 Å². The van der Waals surface area contributed by atoms with Crippen molar-refractivity contribution in [3.63, 3.8) is 0 Å². The standard InChI is InChI=1S/C14H17ClF4N2O.2ClH/c1-2-22-12-10(15)7-9(8-11(12)16)13(14(17,18)19)21-5-3-20-4-6-21;;/h7-8,13,20H,2-6H2,1H3;2*1H/t13-;;/m1../s1. The molecule has 0 unspecified atom stereocenters. The largest absolute Gasteiger partial charge is 0.489 e. The molecule has 0 radical (unpaired) electrons. The summed E-state index contributed by atoms with van der Waals surface area (Å²) in [5.41, 5.74) is -0.208. The van der Waals surface area contributed by atoms with Gasteiger partial charge in [0.15, 0.2) is 11.6 Å². The molecule has 24 heavy (non-hydrogen) atoms. The second kappa shape index (κ2) is 9.87. The molecule has 0 aromatic heterocycles. The second-order valence-electron chi connectivity index (χ2n) is 4.98. The minimum atomic E-state index is -4.51. The number of hydrogen-bond acceptors (Lipinski definition) is 3. The monoisotopic (exact) mass is 412 g/mol. The first-order valence-electron chi connectivity index (χ1n) is 6.97. The predicted molar refractivity (Wildman–Crippen MR) is 90.3 cm³/mol. The maximum absolute atomic E-state index is 14.0. The lowest BCUT2D eigenvalue weighted by Gasteiger charge is -2.36. The highest BCUT2D eigenvalue weighted by Gasteiger charge is 2.45. The Morgan fingerprint density at radius 1 is 1.25 bits per heavy atom. The Morgan fingerprint density at radius 3 is 2.29 bits per heavy atom. The minimum absolute atomic E-state index is 0. The molecule has 0 saturated carbocycles. The Hall–Kier alpha value is -0.470. The molecule has 1 fully saturated rings. The molecule has 1 N–H and O–H groups in total. The minimum Gasteiger partial charge on any atom is -0.489 e. The summed E-state index contributed by atoms with van der Waals surface area (Å²) in [5.74, 6) is -1.09. The molecule has 2 rings (SSSR count). The summed E-state index contributed by atoms with van der Waals surface area (Å²) in [6.07, 6.45) is -4.51. The third-order valence-corrected chi connectivity index (χ3v) is 3.73. The second-order valence-corrected chi connectivity index (χ2v) is 5.38. The Labute approximate surface area is 155 Å². The van der Waals surface area contributed by atoms with Gasteiger partial charge in [-0.25, -0.2) is 4.39 Å². The van der Waals surface area contributed by atoms with Crippen LogP contribution in [-0.2, 0) is 0 Å². The predicted octanol–water partition coefficient (Wildman–Crippen LogP) is 4.23. The van der Waals surface area contributed by atoms with Crippen LogP contribution in [0, 0.1) is 5.82 Å². The molecule has 0 aliphatic carbocycles. The van der Waals surface area contributed by atoms with Gasteiger partial charge in [0.25, 0.3) is 0 Å². The van der Waals surface area contributed by atoms with Gasteiger partial charge in [-0.3, -0.25) is 4.90 Å². The molecule has 10 heteroatoms. The van der Waals surface area contributed by atoms with Crippen molar-refractivity contribution in [1.82, 2.24) is 10.2 Å². The van der Waals surface area contributed by atoms with Crippen LogP contribution in [-0.4, -0.2) is 43.9 Å². The van der Waals surface area contributed by atoms with Gasteiger partial charge in [-0.2, -0.15) is 13.2 Å². The maximum atomic E-state index is 14.0. The van der Waals surface area contributed by atoms with Gasteiger partial charge in [0.05, 0.1) is 11.6 Å². The Morgan fingerprint density at radius 2 is 1.83 bits per heavy atom. The lowest BCUT2D eigenvalue weighted by Crippen LogP contribution is -2.49. The number of hydrogen-bond donors (Lipinski definition) is 1. The summed E-state index contributed by atoms with van der Waals surface area (Å²) in [6, 6.07) is 0.115. The van der Waals surface area contributed by atoms with E-state index in [2.05, 4.69) is 5.32 Å². The van der Waals surface area contributed by atoms with Crippen LogP contribution in [0.5, 0.6) is 5.75 Å². The SMILES string of the molecule is CCOc1c(F)cc([C@@H](N2CCNCC2)C(F)(F)F)cc1Cl.Cl.Cl. The Kier molecular flexibility index (Phi) is 9.68. The number of nitrogens with one attached hydrogen (secondary N) is 1. The van der Waals surface area contributed by atoms with Gasteiger partial charge in [-0.1, -0.05) is 11.6 Å². The van der Waals surface area contributed by atoms with Gasteiger partial charge in [0.2, 0.25) is 0 Å². The molecule has 140 valence electrons. The zero-order valence-corrected chi connectivity index (χ0v) is 15.2. The molecular formula is C14H19Cl3F4N2O. The Bertz CT molecular complexity index is 502. The molecule has 0 amide bonds. The van der Waals surface area contributed by atoms with Crippen LogP contribution < -0.4 is 10.1 Å². The summed E-state index contributed by atoms with van der Waals surface area (Å²) < 4.78 is 59.4. The van der Waals surface area contributed by atoms with Crippen LogP contribution in [0.3, 0.4) is 0 Å². The molecule has 1 aliphatic rings. The zero-order valence-electron chi connectivity index (χ0n) is 12.8. The topological polar surface area (TPSA) is 24.5 Å². The average molecular weight is 414 g/mol. The molecule has 1 atom stereocenters. The van der Waals surface area contributed by atoms with E-state index in [9.17, 15) is 17.6 Å². The van der Waals surface area contributed by atoms with E-state index >= 15 is 0 Å². The lowest BCUT2D eigenvalue weighted by molar-refractivity contribution is -0.187.